The van der Waals surface area contributed by atoms with Crippen LogP contribution < -0.4 is 5.73 Å². The van der Waals surface area contributed by atoms with Gasteiger partial charge in [-0.05, 0) is 18.6 Å². The lowest BCUT2D eigenvalue weighted by Gasteiger charge is -2.10. The molecule has 0 aromatic heterocycles. The van der Waals surface area contributed by atoms with Gasteiger partial charge in [0.1, 0.15) is 6.61 Å². The lowest BCUT2D eigenvalue weighted by atomic mass is 10.1. The molecule has 1 rings (SSSR count). The van der Waals surface area contributed by atoms with Crippen molar-refractivity contribution in [1.82, 2.24) is 0 Å². The number of benzene rings is 1. The molecule has 0 spiro atoms. The third-order valence-corrected chi connectivity index (χ3v) is 2.05. The topological polar surface area (TPSA) is 61.6 Å². The van der Waals surface area contributed by atoms with Gasteiger partial charge in [-0.2, -0.15) is 13.2 Å². The molecule has 0 atom stereocenters. The number of alkyl halides is 3. The fourth-order valence-electron chi connectivity index (χ4n) is 1.29. The summed E-state index contributed by atoms with van der Waals surface area (Å²) in [5.74, 6) is -0.812. The number of carbonyl (C=O) groups excluding carboxylic acids is 1. The van der Waals surface area contributed by atoms with Gasteiger partial charge in [0.25, 0.3) is 0 Å². The van der Waals surface area contributed by atoms with E-state index in [9.17, 15) is 18.0 Å². The van der Waals surface area contributed by atoms with Crippen molar-refractivity contribution in [1.29, 1.82) is 0 Å². The zero-order valence-corrected chi connectivity index (χ0v) is 9.58. The lowest BCUT2D eigenvalue weighted by molar-refractivity contribution is -0.190. The summed E-state index contributed by atoms with van der Waals surface area (Å²) < 4.78 is 43.9. The Morgan fingerprint density at radius 1 is 1.39 bits per heavy atom. The molecule has 0 bridgehead atoms. The average Bonchev–Trinajstić information content (AvgIpc) is 2.23. The van der Waals surface area contributed by atoms with Crippen molar-refractivity contribution in [3.8, 4) is 0 Å². The van der Waals surface area contributed by atoms with Crippen LogP contribution in [0.25, 0.3) is 0 Å². The molecule has 0 fully saturated rings. The molecule has 0 aliphatic rings. The summed E-state index contributed by atoms with van der Waals surface area (Å²) in [5.41, 5.74) is 6.49. The Balaban J connectivity index is 2.51. The number of halogens is 3. The molecular weight excluding hydrogens is 251 g/mol. The number of nitrogens with two attached hydrogens (primary N) is 1. The summed E-state index contributed by atoms with van der Waals surface area (Å²) in [7, 11) is 0. The van der Waals surface area contributed by atoms with E-state index in [-0.39, 0.29) is 11.3 Å². The van der Waals surface area contributed by atoms with E-state index in [0.29, 0.717) is 5.56 Å². The molecule has 0 unspecified atom stereocenters. The summed E-state index contributed by atoms with van der Waals surface area (Å²) in [4.78, 5) is 11.5. The van der Waals surface area contributed by atoms with E-state index in [1.807, 2.05) is 0 Å². The molecule has 0 amide bonds. The van der Waals surface area contributed by atoms with E-state index in [0.717, 1.165) is 0 Å². The summed E-state index contributed by atoms with van der Waals surface area (Å²) in [5, 5.41) is 0. The molecule has 2 N–H and O–H groups in total. The standard InChI is InChI=1S/C11H12F3NO3/c1-7-3-2-4-8(15)9(7)10(16)18-6-17-5-11(12,13)14/h2-4H,5-6,15H2,1H3. The quantitative estimate of drug-likeness (QED) is 0.392. The third kappa shape index (κ3) is 4.25. The molecule has 100 valence electrons. The minimum atomic E-state index is -4.45. The Hall–Kier alpha value is -1.76. The van der Waals surface area contributed by atoms with Crippen LogP contribution in [-0.4, -0.2) is 25.5 Å². The van der Waals surface area contributed by atoms with Crippen LogP contribution in [-0.2, 0) is 9.47 Å². The third-order valence-electron chi connectivity index (χ3n) is 2.05. The van der Waals surface area contributed by atoms with Crippen LogP contribution in [0.1, 0.15) is 15.9 Å². The number of aryl methyl sites for hydroxylation is 1. The zero-order chi connectivity index (χ0) is 13.8. The minimum absolute atomic E-state index is 0.133. The first kappa shape index (κ1) is 14.3. The minimum Gasteiger partial charge on any atom is -0.435 e. The highest BCUT2D eigenvalue weighted by molar-refractivity contribution is 5.96. The van der Waals surface area contributed by atoms with Crippen LogP contribution in [0.3, 0.4) is 0 Å². The number of carbonyl (C=O) groups is 1. The number of anilines is 1. The van der Waals surface area contributed by atoms with Crippen LogP contribution in [0.4, 0.5) is 18.9 Å². The summed E-state index contributed by atoms with van der Waals surface area (Å²) in [6.07, 6.45) is -4.45. The first-order valence-electron chi connectivity index (χ1n) is 4.98. The number of nitrogen functional groups attached to an aromatic ring is 1. The van der Waals surface area contributed by atoms with E-state index in [1.165, 1.54) is 6.07 Å². The van der Waals surface area contributed by atoms with Crippen molar-refractivity contribution in [2.45, 2.75) is 13.1 Å². The molecule has 4 nitrogen and oxygen atoms in total. The van der Waals surface area contributed by atoms with Crippen LogP contribution in [0.15, 0.2) is 18.2 Å². The summed E-state index contributed by atoms with van der Waals surface area (Å²) >= 11 is 0. The van der Waals surface area contributed by atoms with Crippen LogP contribution in [0.5, 0.6) is 0 Å². The Bertz CT molecular complexity index is 412. The van der Waals surface area contributed by atoms with E-state index >= 15 is 0 Å². The smallest absolute Gasteiger partial charge is 0.411 e. The highest BCUT2D eigenvalue weighted by Gasteiger charge is 2.27. The van der Waals surface area contributed by atoms with E-state index < -0.39 is 25.5 Å². The van der Waals surface area contributed by atoms with Crippen molar-refractivity contribution in [2.75, 3.05) is 19.1 Å². The predicted molar refractivity (Wildman–Crippen MR) is 57.9 cm³/mol. The first-order valence-corrected chi connectivity index (χ1v) is 4.98. The first-order chi connectivity index (χ1) is 8.31. The Labute approximate surface area is 101 Å². The SMILES string of the molecule is Cc1cccc(N)c1C(=O)OCOCC(F)(F)F. The fourth-order valence-corrected chi connectivity index (χ4v) is 1.29. The van der Waals surface area contributed by atoms with Gasteiger partial charge in [-0.25, -0.2) is 4.79 Å². The molecule has 7 heteroatoms. The van der Waals surface area contributed by atoms with Gasteiger partial charge in [-0.1, -0.05) is 12.1 Å². The second-order valence-corrected chi connectivity index (χ2v) is 3.55. The maximum absolute atomic E-state index is 11.7. The molecule has 0 saturated heterocycles. The highest BCUT2D eigenvalue weighted by atomic mass is 19.4. The van der Waals surface area contributed by atoms with E-state index in [4.69, 9.17) is 5.73 Å². The molecule has 1 aromatic carbocycles. The summed E-state index contributed by atoms with van der Waals surface area (Å²) in [6, 6.07) is 4.80. The van der Waals surface area contributed by atoms with Crippen molar-refractivity contribution < 1.29 is 27.4 Å². The molecule has 0 aliphatic carbocycles. The number of ether oxygens (including phenoxy) is 2. The molecule has 0 aliphatic heterocycles. The van der Waals surface area contributed by atoms with Gasteiger partial charge in [0, 0.05) is 5.69 Å². The normalized spacial score (nSPS) is 11.3. The van der Waals surface area contributed by atoms with Gasteiger partial charge in [0.2, 0.25) is 0 Å². The second kappa shape index (κ2) is 5.72. The average molecular weight is 263 g/mol. The Morgan fingerprint density at radius 2 is 2.06 bits per heavy atom. The summed E-state index contributed by atoms with van der Waals surface area (Å²) in [6.45, 7) is -0.598. The fraction of sp³-hybridized carbons (Fsp3) is 0.364. The molecule has 0 radical (unpaired) electrons. The second-order valence-electron chi connectivity index (χ2n) is 3.55. The molecule has 0 heterocycles. The van der Waals surface area contributed by atoms with Crippen molar-refractivity contribution >= 4 is 11.7 Å². The zero-order valence-electron chi connectivity index (χ0n) is 9.58. The van der Waals surface area contributed by atoms with Crippen LogP contribution >= 0.6 is 0 Å². The largest absolute Gasteiger partial charge is 0.435 e. The van der Waals surface area contributed by atoms with Gasteiger partial charge in [0.05, 0.1) is 5.56 Å². The Morgan fingerprint density at radius 3 is 2.61 bits per heavy atom. The van der Waals surface area contributed by atoms with Gasteiger partial charge in [-0.15, -0.1) is 0 Å². The van der Waals surface area contributed by atoms with Crippen LogP contribution in [0.2, 0.25) is 0 Å². The maximum Gasteiger partial charge on any atom is 0.411 e. The highest BCUT2D eigenvalue weighted by Crippen LogP contribution is 2.18. The van der Waals surface area contributed by atoms with Crippen LogP contribution in [0, 0.1) is 6.92 Å². The van der Waals surface area contributed by atoms with Gasteiger partial charge < -0.3 is 15.2 Å². The maximum atomic E-state index is 11.7. The van der Waals surface area contributed by atoms with Crippen molar-refractivity contribution in [3.05, 3.63) is 29.3 Å². The molecule has 18 heavy (non-hydrogen) atoms. The van der Waals surface area contributed by atoms with Crippen molar-refractivity contribution in [2.24, 2.45) is 0 Å². The van der Waals surface area contributed by atoms with Gasteiger partial charge in [-0.3, -0.25) is 0 Å². The lowest BCUT2D eigenvalue weighted by Crippen LogP contribution is -2.20. The van der Waals surface area contributed by atoms with E-state index in [2.05, 4.69) is 9.47 Å². The monoisotopic (exact) mass is 263 g/mol. The van der Waals surface area contributed by atoms with Crippen molar-refractivity contribution in [3.63, 3.8) is 0 Å². The number of hydrogen-bond acceptors (Lipinski definition) is 4. The molecule has 1 aromatic rings. The molecule has 0 saturated carbocycles. The predicted octanol–water partition coefficient (Wildman–Crippen LogP) is 2.27. The van der Waals surface area contributed by atoms with Gasteiger partial charge >= 0.3 is 12.1 Å². The number of esters is 1. The van der Waals surface area contributed by atoms with Gasteiger partial charge in [0.15, 0.2) is 6.79 Å². The number of hydrogen-bond donors (Lipinski definition) is 1. The number of rotatable bonds is 4. The Kier molecular flexibility index (Phi) is 4.55. The molecular formula is C11H12F3NO3. The van der Waals surface area contributed by atoms with E-state index in [1.54, 1.807) is 19.1 Å².